The Morgan fingerprint density at radius 3 is 2.38 bits per heavy atom. The number of rotatable bonds is 9. The van der Waals surface area contributed by atoms with Crippen molar-refractivity contribution < 1.29 is 9.53 Å². The minimum Gasteiger partial charge on any atom is -0.378 e. The molecule has 4 nitrogen and oxygen atoms in total. The van der Waals surface area contributed by atoms with Gasteiger partial charge in [-0.05, 0) is 38.1 Å². The SMILES string of the molecule is CC(C)COC1CCN(C(=O)CCCCCCN)CC1.Cl. The number of ether oxygens (including phenoxy) is 1. The first-order valence-corrected chi connectivity index (χ1v) is 8.23. The highest BCUT2D eigenvalue weighted by molar-refractivity contribution is 5.85. The molecule has 126 valence electrons. The van der Waals surface area contributed by atoms with Crippen LogP contribution in [0, 0.1) is 5.92 Å². The lowest BCUT2D eigenvalue weighted by Crippen LogP contribution is -2.41. The van der Waals surface area contributed by atoms with E-state index < -0.39 is 0 Å². The zero-order valence-corrected chi connectivity index (χ0v) is 14.5. The zero-order valence-electron chi connectivity index (χ0n) is 13.7. The summed E-state index contributed by atoms with van der Waals surface area (Å²) >= 11 is 0. The first-order chi connectivity index (χ1) is 9.63. The molecule has 0 unspecified atom stereocenters. The Morgan fingerprint density at radius 2 is 1.81 bits per heavy atom. The predicted octanol–water partition coefficient (Wildman–Crippen LogP) is 2.98. The van der Waals surface area contributed by atoms with Crippen LogP contribution in [0.3, 0.4) is 0 Å². The molecule has 0 aromatic rings. The molecule has 1 amide bonds. The molecule has 1 heterocycles. The van der Waals surface area contributed by atoms with Crippen molar-refractivity contribution in [1.29, 1.82) is 0 Å². The van der Waals surface area contributed by atoms with Crippen molar-refractivity contribution >= 4 is 18.3 Å². The second-order valence-corrected chi connectivity index (χ2v) is 6.26. The van der Waals surface area contributed by atoms with Crippen LogP contribution in [-0.2, 0) is 9.53 Å². The van der Waals surface area contributed by atoms with Gasteiger partial charge in [0.1, 0.15) is 0 Å². The average Bonchev–Trinajstić information content (AvgIpc) is 2.45. The number of carbonyl (C=O) groups excluding carboxylic acids is 1. The van der Waals surface area contributed by atoms with Crippen LogP contribution in [0.25, 0.3) is 0 Å². The van der Waals surface area contributed by atoms with Crippen molar-refractivity contribution in [2.75, 3.05) is 26.2 Å². The lowest BCUT2D eigenvalue weighted by Gasteiger charge is -2.32. The minimum absolute atomic E-state index is 0. The number of likely N-dealkylation sites (tertiary alicyclic amines) is 1. The van der Waals surface area contributed by atoms with Crippen LogP contribution in [0.4, 0.5) is 0 Å². The van der Waals surface area contributed by atoms with Gasteiger partial charge in [-0.25, -0.2) is 0 Å². The minimum atomic E-state index is 0. The van der Waals surface area contributed by atoms with Gasteiger partial charge in [0.25, 0.3) is 0 Å². The first-order valence-electron chi connectivity index (χ1n) is 8.23. The summed E-state index contributed by atoms with van der Waals surface area (Å²) in [5.41, 5.74) is 5.46. The van der Waals surface area contributed by atoms with Crippen LogP contribution in [0.2, 0.25) is 0 Å². The van der Waals surface area contributed by atoms with E-state index in [2.05, 4.69) is 13.8 Å². The molecule has 1 aliphatic heterocycles. The van der Waals surface area contributed by atoms with Crippen LogP contribution in [0.5, 0.6) is 0 Å². The lowest BCUT2D eigenvalue weighted by atomic mass is 10.1. The molecule has 2 N–H and O–H groups in total. The molecule has 0 spiro atoms. The quantitative estimate of drug-likeness (QED) is 0.664. The number of hydrogen-bond acceptors (Lipinski definition) is 3. The van der Waals surface area contributed by atoms with Crippen molar-refractivity contribution in [3.05, 3.63) is 0 Å². The second-order valence-electron chi connectivity index (χ2n) is 6.26. The average molecular weight is 321 g/mol. The summed E-state index contributed by atoms with van der Waals surface area (Å²) in [4.78, 5) is 14.1. The van der Waals surface area contributed by atoms with E-state index in [-0.39, 0.29) is 12.4 Å². The van der Waals surface area contributed by atoms with E-state index in [1.807, 2.05) is 4.90 Å². The van der Waals surface area contributed by atoms with Crippen molar-refractivity contribution in [3.8, 4) is 0 Å². The third-order valence-electron chi connectivity index (χ3n) is 3.80. The fourth-order valence-electron chi connectivity index (χ4n) is 2.53. The van der Waals surface area contributed by atoms with Gasteiger partial charge in [-0.15, -0.1) is 12.4 Å². The maximum absolute atomic E-state index is 12.1. The van der Waals surface area contributed by atoms with E-state index in [1.54, 1.807) is 0 Å². The van der Waals surface area contributed by atoms with Gasteiger partial charge in [0.15, 0.2) is 0 Å². The molecule has 0 radical (unpaired) electrons. The van der Waals surface area contributed by atoms with Crippen molar-refractivity contribution in [3.63, 3.8) is 0 Å². The van der Waals surface area contributed by atoms with Crippen LogP contribution in [-0.4, -0.2) is 43.2 Å². The Labute approximate surface area is 136 Å². The molecule has 1 rings (SSSR count). The second kappa shape index (κ2) is 12.2. The standard InChI is InChI=1S/C16H32N2O2.ClH/c1-14(2)13-20-15-8-11-18(12-9-15)16(19)7-5-3-4-6-10-17;/h14-15H,3-13,17H2,1-2H3;1H. The number of piperidine rings is 1. The molecule has 0 bridgehead atoms. The molecule has 1 saturated heterocycles. The zero-order chi connectivity index (χ0) is 14.8. The molecule has 1 aliphatic rings. The molecule has 0 atom stereocenters. The Bertz CT molecular complexity index is 267. The van der Waals surface area contributed by atoms with E-state index in [0.717, 1.165) is 64.8 Å². The van der Waals surface area contributed by atoms with E-state index in [9.17, 15) is 4.79 Å². The van der Waals surface area contributed by atoms with Crippen LogP contribution >= 0.6 is 12.4 Å². The van der Waals surface area contributed by atoms with Gasteiger partial charge in [-0.1, -0.05) is 26.7 Å². The van der Waals surface area contributed by atoms with E-state index in [1.165, 1.54) is 0 Å². The molecule has 0 aliphatic carbocycles. The number of unbranched alkanes of at least 4 members (excludes halogenated alkanes) is 3. The Hall–Kier alpha value is -0.320. The van der Waals surface area contributed by atoms with Crippen LogP contribution < -0.4 is 5.73 Å². The number of carbonyl (C=O) groups is 1. The summed E-state index contributed by atoms with van der Waals surface area (Å²) in [5.74, 6) is 0.906. The summed E-state index contributed by atoms with van der Waals surface area (Å²) < 4.78 is 5.85. The largest absolute Gasteiger partial charge is 0.378 e. The molecule has 0 saturated carbocycles. The molecular formula is C16H33ClN2O2. The topological polar surface area (TPSA) is 55.6 Å². The highest BCUT2D eigenvalue weighted by atomic mass is 35.5. The molecule has 0 aromatic carbocycles. The van der Waals surface area contributed by atoms with E-state index >= 15 is 0 Å². The van der Waals surface area contributed by atoms with Crippen molar-refractivity contribution in [2.45, 2.75) is 64.9 Å². The maximum atomic E-state index is 12.1. The van der Waals surface area contributed by atoms with Gasteiger partial charge < -0.3 is 15.4 Å². The Morgan fingerprint density at radius 1 is 1.19 bits per heavy atom. The van der Waals surface area contributed by atoms with Gasteiger partial charge in [-0.2, -0.15) is 0 Å². The number of halogens is 1. The normalized spacial score (nSPS) is 16.1. The summed E-state index contributed by atoms with van der Waals surface area (Å²) in [7, 11) is 0. The fourth-order valence-corrected chi connectivity index (χ4v) is 2.53. The van der Waals surface area contributed by atoms with E-state index in [0.29, 0.717) is 24.3 Å². The smallest absolute Gasteiger partial charge is 0.222 e. The van der Waals surface area contributed by atoms with Gasteiger partial charge in [0, 0.05) is 26.1 Å². The van der Waals surface area contributed by atoms with Crippen molar-refractivity contribution in [2.24, 2.45) is 11.7 Å². The van der Waals surface area contributed by atoms with Crippen molar-refractivity contribution in [1.82, 2.24) is 4.90 Å². The predicted molar refractivity (Wildman–Crippen MR) is 89.8 cm³/mol. The summed E-state index contributed by atoms with van der Waals surface area (Å²) in [6.07, 6.45) is 7.38. The van der Waals surface area contributed by atoms with Crippen LogP contribution in [0.15, 0.2) is 0 Å². The summed E-state index contributed by atoms with van der Waals surface area (Å²) in [5, 5.41) is 0. The van der Waals surface area contributed by atoms with Gasteiger partial charge in [-0.3, -0.25) is 4.79 Å². The lowest BCUT2D eigenvalue weighted by molar-refractivity contribution is -0.134. The summed E-state index contributed by atoms with van der Waals surface area (Å²) in [6.45, 7) is 7.67. The highest BCUT2D eigenvalue weighted by Gasteiger charge is 2.22. The van der Waals surface area contributed by atoms with Gasteiger partial charge in [0.05, 0.1) is 6.10 Å². The number of amides is 1. The van der Waals surface area contributed by atoms with Gasteiger partial charge in [0.2, 0.25) is 5.91 Å². The summed E-state index contributed by atoms with van der Waals surface area (Å²) in [6, 6.07) is 0. The molecule has 0 aromatic heterocycles. The third-order valence-corrected chi connectivity index (χ3v) is 3.80. The Kier molecular flexibility index (Phi) is 12.1. The first kappa shape index (κ1) is 20.7. The maximum Gasteiger partial charge on any atom is 0.222 e. The monoisotopic (exact) mass is 320 g/mol. The molecular weight excluding hydrogens is 288 g/mol. The number of nitrogens with zero attached hydrogens (tertiary/aromatic N) is 1. The molecule has 1 fully saturated rings. The Balaban J connectivity index is 0.00000400. The fraction of sp³-hybridized carbons (Fsp3) is 0.938. The van der Waals surface area contributed by atoms with E-state index in [4.69, 9.17) is 10.5 Å². The highest BCUT2D eigenvalue weighted by Crippen LogP contribution is 2.16. The molecule has 21 heavy (non-hydrogen) atoms. The number of hydrogen-bond donors (Lipinski definition) is 1. The van der Waals surface area contributed by atoms with Crippen LogP contribution in [0.1, 0.15) is 58.8 Å². The third kappa shape index (κ3) is 9.33. The van der Waals surface area contributed by atoms with Gasteiger partial charge >= 0.3 is 0 Å². The number of nitrogens with two attached hydrogens (primary N) is 1. The molecule has 5 heteroatoms.